The van der Waals surface area contributed by atoms with Gasteiger partial charge in [0.1, 0.15) is 5.56 Å². The third kappa shape index (κ3) is 2.85. The van der Waals surface area contributed by atoms with E-state index in [1.807, 2.05) is 20.8 Å². The van der Waals surface area contributed by atoms with Crippen molar-refractivity contribution in [1.82, 2.24) is 4.98 Å². The number of nitrogens with zero attached hydrogens (tertiary/aromatic N) is 1. The lowest BCUT2D eigenvalue weighted by Crippen LogP contribution is -2.22. The molecule has 1 unspecified atom stereocenters. The van der Waals surface area contributed by atoms with Crippen LogP contribution in [0.1, 0.15) is 31.1 Å². The number of amides is 1. The summed E-state index contributed by atoms with van der Waals surface area (Å²) in [6, 6.07) is 1.47. The molecule has 88 valence electrons. The number of rotatable bonds is 4. The number of hydrogen-bond acceptors (Lipinski definition) is 4. The summed E-state index contributed by atoms with van der Waals surface area (Å²) in [5.41, 5.74) is 11.4. The van der Waals surface area contributed by atoms with Crippen LogP contribution in [0.4, 0.5) is 5.69 Å². The van der Waals surface area contributed by atoms with Gasteiger partial charge in [-0.3, -0.25) is 4.79 Å². The first-order valence-corrected chi connectivity index (χ1v) is 5.13. The fraction of sp³-hybridized carbons (Fsp3) is 0.455. The van der Waals surface area contributed by atoms with Crippen LogP contribution in [-0.2, 0) is 0 Å². The molecule has 0 fully saturated rings. The molecule has 16 heavy (non-hydrogen) atoms. The molecule has 0 aliphatic rings. The highest BCUT2D eigenvalue weighted by Crippen LogP contribution is 2.20. The minimum absolute atomic E-state index is 0.0470. The van der Waals surface area contributed by atoms with Crippen molar-refractivity contribution in [3.05, 3.63) is 17.8 Å². The van der Waals surface area contributed by atoms with Crippen molar-refractivity contribution >= 4 is 11.6 Å². The summed E-state index contributed by atoms with van der Waals surface area (Å²) in [6.45, 7) is 5.95. The van der Waals surface area contributed by atoms with E-state index in [1.54, 1.807) is 0 Å². The van der Waals surface area contributed by atoms with Gasteiger partial charge in [-0.15, -0.1) is 0 Å². The standard InChI is InChI=1S/C11H17N3O2/c1-6(2)7(3)16-11-9(10(13)15)4-8(12)5-14-11/h4-7H,12H2,1-3H3,(H2,13,15). The Morgan fingerprint density at radius 3 is 2.56 bits per heavy atom. The summed E-state index contributed by atoms with van der Waals surface area (Å²) in [7, 11) is 0. The maximum atomic E-state index is 11.2. The Labute approximate surface area is 94.8 Å². The molecule has 1 amide bonds. The number of nitrogen functional groups attached to an aromatic ring is 1. The van der Waals surface area contributed by atoms with Crippen LogP contribution in [0.15, 0.2) is 12.3 Å². The van der Waals surface area contributed by atoms with E-state index in [9.17, 15) is 4.79 Å². The zero-order valence-corrected chi connectivity index (χ0v) is 9.73. The third-order valence-corrected chi connectivity index (χ3v) is 2.37. The molecule has 1 aromatic rings. The third-order valence-electron chi connectivity index (χ3n) is 2.37. The minimum Gasteiger partial charge on any atom is -0.474 e. The molecular formula is C11H17N3O2. The molecule has 0 saturated heterocycles. The minimum atomic E-state index is -0.592. The van der Waals surface area contributed by atoms with E-state index in [4.69, 9.17) is 16.2 Å². The fourth-order valence-corrected chi connectivity index (χ4v) is 1.05. The first-order chi connectivity index (χ1) is 7.41. The molecule has 0 aliphatic carbocycles. The molecular weight excluding hydrogens is 206 g/mol. The number of carbonyl (C=O) groups is 1. The van der Waals surface area contributed by atoms with Crippen molar-refractivity contribution < 1.29 is 9.53 Å². The van der Waals surface area contributed by atoms with Crippen LogP contribution < -0.4 is 16.2 Å². The lowest BCUT2D eigenvalue weighted by molar-refractivity contribution is 0.0987. The number of hydrogen-bond donors (Lipinski definition) is 2. The fourth-order valence-electron chi connectivity index (χ4n) is 1.05. The van der Waals surface area contributed by atoms with Crippen molar-refractivity contribution in [2.24, 2.45) is 11.7 Å². The van der Waals surface area contributed by atoms with Gasteiger partial charge in [0.25, 0.3) is 5.91 Å². The first-order valence-electron chi connectivity index (χ1n) is 5.13. The van der Waals surface area contributed by atoms with Gasteiger partial charge in [0.2, 0.25) is 5.88 Å². The van der Waals surface area contributed by atoms with E-state index in [0.717, 1.165) is 0 Å². The number of primary amides is 1. The van der Waals surface area contributed by atoms with Gasteiger partial charge < -0.3 is 16.2 Å². The van der Waals surface area contributed by atoms with Gasteiger partial charge in [0.05, 0.1) is 18.0 Å². The van der Waals surface area contributed by atoms with Crippen LogP contribution in [0.5, 0.6) is 5.88 Å². The van der Waals surface area contributed by atoms with Gasteiger partial charge in [-0.25, -0.2) is 4.98 Å². The normalized spacial score (nSPS) is 12.5. The van der Waals surface area contributed by atoms with Crippen molar-refractivity contribution in [3.8, 4) is 5.88 Å². The second kappa shape index (κ2) is 4.83. The Balaban J connectivity index is 2.99. The highest BCUT2D eigenvalue weighted by molar-refractivity contribution is 5.95. The Kier molecular flexibility index (Phi) is 3.71. The number of anilines is 1. The highest BCUT2D eigenvalue weighted by Gasteiger charge is 2.16. The Bertz CT molecular complexity index is 391. The smallest absolute Gasteiger partial charge is 0.254 e. The number of carbonyl (C=O) groups excluding carboxylic acids is 1. The number of ether oxygens (including phenoxy) is 1. The SMILES string of the molecule is CC(C)C(C)Oc1ncc(N)cc1C(N)=O. The van der Waals surface area contributed by atoms with E-state index in [-0.39, 0.29) is 17.5 Å². The van der Waals surface area contributed by atoms with Gasteiger partial charge in [-0.05, 0) is 18.9 Å². The summed E-state index contributed by atoms with van der Waals surface area (Å²) >= 11 is 0. The van der Waals surface area contributed by atoms with Crippen molar-refractivity contribution in [1.29, 1.82) is 0 Å². The van der Waals surface area contributed by atoms with Crippen molar-refractivity contribution in [2.75, 3.05) is 5.73 Å². The summed E-state index contributed by atoms with van der Waals surface area (Å²) in [6.07, 6.45) is 1.39. The molecule has 1 atom stereocenters. The lowest BCUT2D eigenvalue weighted by atomic mass is 10.1. The lowest BCUT2D eigenvalue weighted by Gasteiger charge is -2.18. The van der Waals surface area contributed by atoms with E-state index in [0.29, 0.717) is 11.6 Å². The van der Waals surface area contributed by atoms with Crippen molar-refractivity contribution in [2.45, 2.75) is 26.9 Å². The maximum absolute atomic E-state index is 11.2. The molecule has 1 aromatic heterocycles. The number of nitrogens with two attached hydrogens (primary N) is 2. The molecule has 0 aliphatic heterocycles. The zero-order valence-electron chi connectivity index (χ0n) is 9.73. The van der Waals surface area contributed by atoms with Crippen LogP contribution in [0.25, 0.3) is 0 Å². The maximum Gasteiger partial charge on any atom is 0.254 e. The van der Waals surface area contributed by atoms with Gasteiger partial charge >= 0.3 is 0 Å². The van der Waals surface area contributed by atoms with E-state index in [2.05, 4.69) is 4.98 Å². The van der Waals surface area contributed by atoms with Gasteiger partial charge in [-0.2, -0.15) is 0 Å². The number of pyridine rings is 1. The van der Waals surface area contributed by atoms with Crippen LogP contribution in [-0.4, -0.2) is 17.0 Å². The van der Waals surface area contributed by atoms with Gasteiger partial charge in [-0.1, -0.05) is 13.8 Å². The molecule has 0 spiro atoms. The average Bonchev–Trinajstić information content (AvgIpc) is 2.20. The van der Waals surface area contributed by atoms with Crippen LogP contribution in [0.3, 0.4) is 0 Å². The molecule has 5 heteroatoms. The second-order valence-electron chi connectivity index (χ2n) is 4.05. The quantitative estimate of drug-likeness (QED) is 0.802. The number of aromatic nitrogens is 1. The van der Waals surface area contributed by atoms with E-state index < -0.39 is 5.91 Å². The first kappa shape index (κ1) is 12.3. The Morgan fingerprint density at radius 2 is 2.06 bits per heavy atom. The molecule has 0 bridgehead atoms. The predicted octanol–water partition coefficient (Wildman–Crippen LogP) is 1.19. The average molecular weight is 223 g/mol. The van der Waals surface area contributed by atoms with Crippen LogP contribution >= 0.6 is 0 Å². The highest BCUT2D eigenvalue weighted by atomic mass is 16.5. The van der Waals surface area contributed by atoms with Crippen LogP contribution in [0, 0.1) is 5.92 Å². The van der Waals surface area contributed by atoms with E-state index in [1.165, 1.54) is 12.3 Å². The molecule has 0 aromatic carbocycles. The molecule has 1 heterocycles. The van der Waals surface area contributed by atoms with E-state index >= 15 is 0 Å². The summed E-state index contributed by atoms with van der Waals surface area (Å²) in [4.78, 5) is 15.1. The molecule has 5 nitrogen and oxygen atoms in total. The van der Waals surface area contributed by atoms with Gasteiger partial charge in [0, 0.05) is 0 Å². The predicted molar refractivity (Wildman–Crippen MR) is 62.1 cm³/mol. The molecule has 4 N–H and O–H groups in total. The summed E-state index contributed by atoms with van der Waals surface area (Å²) in [5.74, 6) is -0.0336. The topological polar surface area (TPSA) is 91.2 Å². The Morgan fingerprint density at radius 1 is 1.44 bits per heavy atom. The zero-order chi connectivity index (χ0) is 12.3. The molecule has 0 radical (unpaired) electrons. The second-order valence-corrected chi connectivity index (χ2v) is 4.05. The largest absolute Gasteiger partial charge is 0.474 e. The summed E-state index contributed by atoms with van der Waals surface area (Å²) in [5, 5.41) is 0. The molecule has 1 rings (SSSR count). The molecule has 0 saturated carbocycles. The van der Waals surface area contributed by atoms with Crippen LogP contribution in [0.2, 0.25) is 0 Å². The summed E-state index contributed by atoms with van der Waals surface area (Å²) < 4.78 is 5.56. The monoisotopic (exact) mass is 223 g/mol. The Hall–Kier alpha value is -1.78. The van der Waals surface area contributed by atoms with Crippen molar-refractivity contribution in [3.63, 3.8) is 0 Å². The van der Waals surface area contributed by atoms with Gasteiger partial charge in [0.15, 0.2) is 0 Å².